The minimum Gasteiger partial charge on any atom is -0.306 e. The maximum absolute atomic E-state index is 3.66. The van der Waals surface area contributed by atoms with Crippen LogP contribution in [-0.2, 0) is 5.41 Å². The molecule has 21 heavy (non-hydrogen) atoms. The molecule has 0 bridgehead atoms. The third-order valence-electron chi connectivity index (χ3n) is 3.84. The Labute approximate surface area is 129 Å². The van der Waals surface area contributed by atoms with Crippen LogP contribution in [0.15, 0.2) is 54.6 Å². The summed E-state index contributed by atoms with van der Waals surface area (Å²) in [6, 6.07) is 20.0. The van der Waals surface area contributed by atoms with Gasteiger partial charge in [-0.1, -0.05) is 82.3 Å². The lowest BCUT2D eigenvalue weighted by Crippen LogP contribution is -2.23. The number of nitrogens with one attached hydrogen (secondary N) is 1. The van der Waals surface area contributed by atoms with Gasteiger partial charge in [-0.2, -0.15) is 0 Å². The van der Waals surface area contributed by atoms with Crippen molar-refractivity contribution < 1.29 is 0 Å². The van der Waals surface area contributed by atoms with Gasteiger partial charge in [0.2, 0.25) is 0 Å². The molecule has 0 aliphatic rings. The number of rotatable bonds is 5. The first-order valence-electron chi connectivity index (χ1n) is 7.91. The van der Waals surface area contributed by atoms with Crippen LogP contribution in [0.5, 0.6) is 0 Å². The third kappa shape index (κ3) is 4.18. The van der Waals surface area contributed by atoms with Gasteiger partial charge in [0.05, 0.1) is 6.04 Å². The first kappa shape index (κ1) is 15.8. The Morgan fingerprint density at radius 1 is 0.857 bits per heavy atom. The minimum absolute atomic E-state index is 0.206. The van der Waals surface area contributed by atoms with Crippen molar-refractivity contribution in [2.24, 2.45) is 0 Å². The second kappa shape index (κ2) is 6.91. The molecule has 1 atom stereocenters. The first-order chi connectivity index (χ1) is 10.0. The van der Waals surface area contributed by atoms with E-state index in [2.05, 4.69) is 87.6 Å². The summed E-state index contributed by atoms with van der Waals surface area (Å²) < 4.78 is 0. The molecule has 0 saturated heterocycles. The molecule has 0 aromatic heterocycles. The van der Waals surface area contributed by atoms with E-state index in [1.54, 1.807) is 0 Å². The lowest BCUT2D eigenvalue weighted by atomic mass is 9.86. The Hall–Kier alpha value is -1.60. The van der Waals surface area contributed by atoms with Crippen molar-refractivity contribution in [3.63, 3.8) is 0 Å². The van der Waals surface area contributed by atoms with E-state index >= 15 is 0 Å². The summed E-state index contributed by atoms with van der Waals surface area (Å²) >= 11 is 0. The van der Waals surface area contributed by atoms with Gasteiger partial charge in [-0.3, -0.25) is 0 Å². The van der Waals surface area contributed by atoms with Crippen molar-refractivity contribution in [1.82, 2.24) is 5.32 Å². The highest BCUT2D eigenvalue weighted by Gasteiger charge is 2.16. The Morgan fingerprint density at radius 2 is 1.43 bits per heavy atom. The molecule has 2 rings (SSSR count). The highest BCUT2D eigenvalue weighted by Crippen LogP contribution is 2.26. The van der Waals surface area contributed by atoms with Crippen molar-refractivity contribution in [1.29, 1.82) is 0 Å². The van der Waals surface area contributed by atoms with E-state index in [1.807, 2.05) is 0 Å². The molecule has 2 aromatic rings. The zero-order valence-corrected chi connectivity index (χ0v) is 13.7. The van der Waals surface area contributed by atoms with Crippen LogP contribution < -0.4 is 5.32 Å². The van der Waals surface area contributed by atoms with Crippen molar-refractivity contribution in [2.75, 3.05) is 6.54 Å². The first-order valence-corrected chi connectivity index (χ1v) is 7.91. The highest BCUT2D eigenvalue weighted by atomic mass is 14.9. The third-order valence-corrected chi connectivity index (χ3v) is 3.84. The summed E-state index contributed by atoms with van der Waals surface area (Å²) in [7, 11) is 0. The molecule has 0 heterocycles. The van der Waals surface area contributed by atoms with Crippen molar-refractivity contribution in [3.8, 4) is 0 Å². The van der Waals surface area contributed by atoms with Gasteiger partial charge >= 0.3 is 0 Å². The lowest BCUT2D eigenvalue weighted by molar-refractivity contribution is 0.584. The minimum atomic E-state index is 0.206. The average molecular weight is 281 g/mol. The van der Waals surface area contributed by atoms with Gasteiger partial charge in [-0.05, 0) is 35.1 Å². The molecule has 1 nitrogen and oxygen atoms in total. The van der Waals surface area contributed by atoms with Crippen LogP contribution in [0.1, 0.15) is 56.8 Å². The van der Waals surface area contributed by atoms with Gasteiger partial charge in [0, 0.05) is 0 Å². The largest absolute Gasteiger partial charge is 0.306 e. The maximum atomic E-state index is 3.66. The average Bonchev–Trinajstić information content (AvgIpc) is 2.48. The summed E-state index contributed by atoms with van der Waals surface area (Å²) in [5.41, 5.74) is 4.25. The fraction of sp³-hybridized carbons (Fsp3) is 0.400. The Balaban J connectivity index is 2.29. The van der Waals surface area contributed by atoms with E-state index in [9.17, 15) is 0 Å². The van der Waals surface area contributed by atoms with Gasteiger partial charge in [-0.25, -0.2) is 0 Å². The monoisotopic (exact) mass is 281 g/mol. The molecule has 112 valence electrons. The zero-order valence-electron chi connectivity index (χ0n) is 13.7. The van der Waals surface area contributed by atoms with Crippen LogP contribution in [0.2, 0.25) is 0 Å². The Bertz CT molecular complexity index is 534. The van der Waals surface area contributed by atoms with Crippen LogP contribution in [0.4, 0.5) is 0 Å². The predicted octanol–water partition coefficient (Wildman–Crippen LogP) is 5.07. The smallest absolute Gasteiger partial charge is 0.0576 e. The van der Waals surface area contributed by atoms with Crippen LogP contribution in [-0.4, -0.2) is 6.54 Å². The summed E-state index contributed by atoms with van der Waals surface area (Å²) in [5, 5.41) is 3.66. The predicted molar refractivity (Wildman–Crippen MR) is 91.7 cm³/mol. The zero-order chi connectivity index (χ0) is 15.3. The molecule has 0 aliphatic carbocycles. The van der Waals surface area contributed by atoms with E-state index in [-0.39, 0.29) is 11.5 Å². The molecule has 0 radical (unpaired) electrons. The van der Waals surface area contributed by atoms with E-state index in [0.29, 0.717) is 0 Å². The summed E-state index contributed by atoms with van der Waals surface area (Å²) in [6.07, 6.45) is 1.14. The molecule has 0 amide bonds. The van der Waals surface area contributed by atoms with Gasteiger partial charge < -0.3 is 5.32 Å². The van der Waals surface area contributed by atoms with Gasteiger partial charge in [-0.15, -0.1) is 0 Å². The number of benzene rings is 2. The normalized spacial score (nSPS) is 13.1. The quantitative estimate of drug-likeness (QED) is 0.806. The second-order valence-electron chi connectivity index (χ2n) is 6.67. The van der Waals surface area contributed by atoms with E-state index in [1.165, 1.54) is 16.7 Å². The van der Waals surface area contributed by atoms with Crippen molar-refractivity contribution in [3.05, 3.63) is 71.3 Å². The summed E-state index contributed by atoms with van der Waals surface area (Å²) in [5.74, 6) is 0. The van der Waals surface area contributed by atoms with E-state index in [0.717, 1.165) is 13.0 Å². The molecule has 1 N–H and O–H groups in total. The van der Waals surface area contributed by atoms with Gasteiger partial charge in [0.1, 0.15) is 0 Å². The van der Waals surface area contributed by atoms with Crippen molar-refractivity contribution >= 4 is 0 Å². The Kier molecular flexibility index (Phi) is 5.19. The van der Waals surface area contributed by atoms with E-state index in [4.69, 9.17) is 0 Å². The standard InChI is InChI=1S/C20H27N/c1-5-15-21-19(16-9-7-6-8-10-16)17-11-13-18(14-12-17)20(2,3)4/h6-14,19,21H,5,15H2,1-4H3. The van der Waals surface area contributed by atoms with Crippen LogP contribution in [0, 0.1) is 0 Å². The molecule has 0 saturated carbocycles. The highest BCUT2D eigenvalue weighted by molar-refractivity contribution is 5.35. The van der Waals surface area contributed by atoms with Crippen molar-refractivity contribution in [2.45, 2.75) is 45.6 Å². The lowest BCUT2D eigenvalue weighted by Gasteiger charge is -2.23. The van der Waals surface area contributed by atoms with Gasteiger partial charge in [0.15, 0.2) is 0 Å². The maximum Gasteiger partial charge on any atom is 0.0576 e. The molecule has 1 heteroatoms. The Morgan fingerprint density at radius 3 is 1.95 bits per heavy atom. The van der Waals surface area contributed by atoms with Gasteiger partial charge in [0.25, 0.3) is 0 Å². The molecule has 0 fully saturated rings. The molecular weight excluding hydrogens is 254 g/mol. The molecular formula is C20H27N. The SMILES string of the molecule is CCCNC(c1ccccc1)c1ccc(C(C)(C)C)cc1. The fourth-order valence-corrected chi connectivity index (χ4v) is 2.54. The van der Waals surface area contributed by atoms with Crippen LogP contribution in [0.25, 0.3) is 0 Å². The van der Waals surface area contributed by atoms with Crippen LogP contribution >= 0.6 is 0 Å². The molecule has 0 spiro atoms. The molecule has 2 aromatic carbocycles. The fourth-order valence-electron chi connectivity index (χ4n) is 2.54. The summed E-state index contributed by atoms with van der Waals surface area (Å²) in [4.78, 5) is 0. The number of hydrogen-bond acceptors (Lipinski definition) is 1. The summed E-state index contributed by atoms with van der Waals surface area (Å²) in [6.45, 7) is 10.0. The van der Waals surface area contributed by atoms with Crippen LogP contribution in [0.3, 0.4) is 0 Å². The molecule has 1 unspecified atom stereocenters. The second-order valence-corrected chi connectivity index (χ2v) is 6.67. The molecule has 0 aliphatic heterocycles. The van der Waals surface area contributed by atoms with E-state index < -0.39 is 0 Å². The topological polar surface area (TPSA) is 12.0 Å². The number of hydrogen-bond donors (Lipinski definition) is 1.